The maximum absolute atomic E-state index is 5.64. The number of ether oxygens (including phenoxy) is 1. The highest BCUT2D eigenvalue weighted by atomic mass is 16.5. The Labute approximate surface area is 127 Å². The van der Waals surface area contributed by atoms with E-state index in [4.69, 9.17) is 4.74 Å². The maximum Gasteiger partial charge on any atom is 0.138 e. The molecule has 0 aliphatic rings. The van der Waals surface area contributed by atoms with Crippen LogP contribution < -0.4 is 10.1 Å². The second-order valence-electron chi connectivity index (χ2n) is 5.16. The average Bonchev–Trinajstić information content (AvgIpc) is 2.53. The Bertz CT molecular complexity index is 551. The van der Waals surface area contributed by atoms with E-state index in [-0.39, 0.29) is 0 Å². The van der Waals surface area contributed by atoms with Crippen LogP contribution in [0.5, 0.6) is 5.75 Å². The molecule has 0 bridgehead atoms. The zero-order valence-corrected chi connectivity index (χ0v) is 13.1. The molecule has 1 heterocycles. The summed E-state index contributed by atoms with van der Waals surface area (Å²) in [7, 11) is 0. The summed E-state index contributed by atoms with van der Waals surface area (Å²) in [5.41, 5.74) is 3.55. The van der Waals surface area contributed by atoms with Crippen LogP contribution in [0.25, 0.3) is 11.1 Å². The molecule has 1 aromatic carbocycles. The van der Waals surface area contributed by atoms with Gasteiger partial charge in [0.15, 0.2) is 0 Å². The Balaban J connectivity index is 2.14. The van der Waals surface area contributed by atoms with Gasteiger partial charge in [-0.1, -0.05) is 38.1 Å². The largest absolute Gasteiger partial charge is 0.492 e. The van der Waals surface area contributed by atoms with Gasteiger partial charge < -0.3 is 10.1 Å². The first-order valence-electron chi connectivity index (χ1n) is 7.66. The van der Waals surface area contributed by atoms with Gasteiger partial charge in [-0.3, -0.25) is 4.98 Å². The second-order valence-corrected chi connectivity index (χ2v) is 5.16. The van der Waals surface area contributed by atoms with Crippen molar-refractivity contribution in [1.29, 1.82) is 0 Å². The van der Waals surface area contributed by atoms with E-state index in [0.29, 0.717) is 6.04 Å². The molecule has 0 spiro atoms. The van der Waals surface area contributed by atoms with Gasteiger partial charge in [0.05, 0.1) is 12.8 Å². The van der Waals surface area contributed by atoms with Gasteiger partial charge >= 0.3 is 0 Å². The van der Waals surface area contributed by atoms with Gasteiger partial charge in [0, 0.05) is 17.8 Å². The zero-order valence-electron chi connectivity index (χ0n) is 13.1. The van der Waals surface area contributed by atoms with E-state index in [9.17, 15) is 0 Å². The molecule has 0 aliphatic heterocycles. The zero-order chi connectivity index (χ0) is 15.1. The summed E-state index contributed by atoms with van der Waals surface area (Å²) in [6, 6.07) is 11.0. The van der Waals surface area contributed by atoms with Crippen molar-refractivity contribution in [3.05, 3.63) is 48.3 Å². The molecule has 1 atom stereocenters. The minimum absolute atomic E-state index is 0.376. The lowest BCUT2D eigenvalue weighted by Gasteiger charge is -2.13. The SMILES string of the molecule is CCCOc1cncc(-c2ccc(C(C)NCC)cc2)c1. The lowest BCUT2D eigenvalue weighted by molar-refractivity contribution is 0.316. The van der Waals surface area contributed by atoms with Gasteiger partial charge in [0.25, 0.3) is 0 Å². The molecule has 0 saturated heterocycles. The Kier molecular flexibility index (Phi) is 5.76. The van der Waals surface area contributed by atoms with Crippen molar-refractivity contribution in [2.45, 2.75) is 33.2 Å². The summed E-state index contributed by atoms with van der Waals surface area (Å²) in [6.07, 6.45) is 4.64. The van der Waals surface area contributed by atoms with Crippen molar-refractivity contribution in [2.24, 2.45) is 0 Å². The van der Waals surface area contributed by atoms with Crippen LogP contribution in [-0.2, 0) is 0 Å². The first-order valence-corrected chi connectivity index (χ1v) is 7.66. The highest BCUT2D eigenvalue weighted by molar-refractivity contribution is 5.64. The van der Waals surface area contributed by atoms with E-state index in [0.717, 1.165) is 36.4 Å². The molecule has 0 aliphatic carbocycles. The van der Waals surface area contributed by atoms with Crippen molar-refractivity contribution in [2.75, 3.05) is 13.2 Å². The second kappa shape index (κ2) is 7.79. The normalized spacial score (nSPS) is 12.1. The van der Waals surface area contributed by atoms with Crippen molar-refractivity contribution in [3.63, 3.8) is 0 Å². The van der Waals surface area contributed by atoms with Gasteiger partial charge in [0.1, 0.15) is 5.75 Å². The molecule has 1 N–H and O–H groups in total. The topological polar surface area (TPSA) is 34.1 Å². The number of hydrogen-bond donors (Lipinski definition) is 1. The van der Waals surface area contributed by atoms with Crippen LogP contribution in [0, 0.1) is 0 Å². The Hall–Kier alpha value is -1.87. The first-order chi connectivity index (χ1) is 10.2. The van der Waals surface area contributed by atoms with Crippen molar-refractivity contribution >= 4 is 0 Å². The highest BCUT2D eigenvalue weighted by Crippen LogP contribution is 2.24. The number of benzene rings is 1. The first kappa shape index (κ1) is 15.5. The van der Waals surface area contributed by atoms with Gasteiger partial charge in [0.2, 0.25) is 0 Å². The Morgan fingerprint density at radius 1 is 1.10 bits per heavy atom. The molecule has 0 amide bonds. The third-order valence-electron chi connectivity index (χ3n) is 3.44. The summed E-state index contributed by atoms with van der Waals surface area (Å²) >= 11 is 0. The van der Waals surface area contributed by atoms with E-state index in [1.165, 1.54) is 5.56 Å². The van der Waals surface area contributed by atoms with Crippen LogP contribution in [-0.4, -0.2) is 18.1 Å². The van der Waals surface area contributed by atoms with Crippen molar-refractivity contribution < 1.29 is 4.74 Å². The molecule has 2 rings (SSSR count). The minimum atomic E-state index is 0.376. The fourth-order valence-electron chi connectivity index (χ4n) is 2.26. The molecular formula is C18H24N2O. The van der Waals surface area contributed by atoms with Crippen LogP contribution in [0.3, 0.4) is 0 Å². The standard InChI is InChI=1S/C18H24N2O/c1-4-10-21-18-11-17(12-19-13-18)16-8-6-15(7-9-16)14(3)20-5-2/h6-9,11-14,20H,4-5,10H2,1-3H3. The third kappa shape index (κ3) is 4.30. The molecule has 21 heavy (non-hydrogen) atoms. The smallest absolute Gasteiger partial charge is 0.138 e. The number of pyridine rings is 1. The van der Waals surface area contributed by atoms with Gasteiger partial charge in [-0.2, -0.15) is 0 Å². The predicted molar refractivity (Wildman–Crippen MR) is 87.6 cm³/mol. The number of nitrogens with one attached hydrogen (secondary N) is 1. The Morgan fingerprint density at radius 2 is 1.86 bits per heavy atom. The molecule has 112 valence electrons. The van der Waals surface area contributed by atoms with E-state index >= 15 is 0 Å². The molecule has 0 fully saturated rings. The van der Waals surface area contributed by atoms with Gasteiger partial charge in [-0.25, -0.2) is 0 Å². The lowest BCUT2D eigenvalue weighted by Crippen LogP contribution is -2.17. The summed E-state index contributed by atoms with van der Waals surface area (Å²) in [4.78, 5) is 4.26. The molecule has 1 unspecified atom stereocenters. The van der Waals surface area contributed by atoms with Crippen molar-refractivity contribution in [1.82, 2.24) is 10.3 Å². The minimum Gasteiger partial charge on any atom is -0.492 e. The van der Waals surface area contributed by atoms with E-state index in [1.54, 1.807) is 6.20 Å². The summed E-state index contributed by atoms with van der Waals surface area (Å²) < 4.78 is 5.64. The van der Waals surface area contributed by atoms with Crippen LogP contribution in [0.15, 0.2) is 42.7 Å². The van der Waals surface area contributed by atoms with E-state index < -0.39 is 0 Å². The quantitative estimate of drug-likeness (QED) is 0.827. The molecule has 3 nitrogen and oxygen atoms in total. The monoisotopic (exact) mass is 284 g/mol. The van der Waals surface area contributed by atoms with Crippen LogP contribution in [0.1, 0.15) is 38.8 Å². The van der Waals surface area contributed by atoms with Crippen LogP contribution in [0.2, 0.25) is 0 Å². The molecular weight excluding hydrogens is 260 g/mol. The molecule has 2 aromatic rings. The summed E-state index contributed by atoms with van der Waals surface area (Å²) in [6.45, 7) is 8.10. The number of aromatic nitrogens is 1. The highest BCUT2D eigenvalue weighted by Gasteiger charge is 2.05. The third-order valence-corrected chi connectivity index (χ3v) is 3.44. The fraction of sp³-hybridized carbons (Fsp3) is 0.389. The van der Waals surface area contributed by atoms with Crippen LogP contribution in [0.4, 0.5) is 0 Å². The fourth-order valence-corrected chi connectivity index (χ4v) is 2.26. The molecule has 1 aromatic heterocycles. The summed E-state index contributed by atoms with van der Waals surface area (Å²) in [5.74, 6) is 0.833. The van der Waals surface area contributed by atoms with Gasteiger partial charge in [-0.05, 0) is 37.1 Å². The number of hydrogen-bond acceptors (Lipinski definition) is 3. The lowest BCUT2D eigenvalue weighted by atomic mass is 10.0. The van der Waals surface area contributed by atoms with Crippen LogP contribution >= 0.6 is 0 Å². The maximum atomic E-state index is 5.64. The average molecular weight is 284 g/mol. The summed E-state index contributed by atoms with van der Waals surface area (Å²) in [5, 5.41) is 3.42. The number of nitrogens with zero attached hydrogens (tertiary/aromatic N) is 1. The molecule has 0 saturated carbocycles. The van der Waals surface area contributed by atoms with Gasteiger partial charge in [-0.15, -0.1) is 0 Å². The number of rotatable bonds is 7. The van der Waals surface area contributed by atoms with Crippen molar-refractivity contribution in [3.8, 4) is 16.9 Å². The van der Waals surface area contributed by atoms with E-state index in [2.05, 4.69) is 55.3 Å². The molecule has 0 radical (unpaired) electrons. The molecule has 3 heteroatoms. The predicted octanol–water partition coefficient (Wildman–Crippen LogP) is 4.21. The Morgan fingerprint density at radius 3 is 2.52 bits per heavy atom. The van der Waals surface area contributed by atoms with E-state index in [1.807, 2.05) is 12.3 Å².